The number of aromatic nitrogens is 1. The highest BCUT2D eigenvalue weighted by molar-refractivity contribution is 5.94. The van der Waals surface area contributed by atoms with Crippen LogP contribution in [0.5, 0.6) is 0 Å². The Balaban J connectivity index is 1.68. The fraction of sp³-hybridized carbons (Fsp3) is 0.529. The van der Waals surface area contributed by atoms with Crippen molar-refractivity contribution in [2.24, 2.45) is 5.92 Å². The van der Waals surface area contributed by atoms with Gasteiger partial charge in [0.2, 0.25) is 5.91 Å². The van der Waals surface area contributed by atoms with E-state index in [4.69, 9.17) is 9.84 Å². The monoisotopic (exact) mass is 347 g/mol. The summed E-state index contributed by atoms with van der Waals surface area (Å²) >= 11 is 0. The Kier molecular flexibility index (Phi) is 5.28. The number of carbonyl (C=O) groups excluding carboxylic acids is 2. The van der Waals surface area contributed by atoms with E-state index < -0.39 is 5.97 Å². The van der Waals surface area contributed by atoms with E-state index in [9.17, 15) is 14.4 Å². The van der Waals surface area contributed by atoms with Crippen molar-refractivity contribution in [1.82, 2.24) is 14.8 Å². The summed E-state index contributed by atoms with van der Waals surface area (Å²) in [6.45, 7) is 3.16. The van der Waals surface area contributed by atoms with Crippen LogP contribution in [0.1, 0.15) is 33.8 Å². The number of rotatable bonds is 3. The minimum absolute atomic E-state index is 0.0630. The van der Waals surface area contributed by atoms with Crippen LogP contribution in [-0.2, 0) is 9.53 Å². The Bertz CT molecular complexity index is 672. The molecule has 0 saturated carbocycles. The zero-order valence-corrected chi connectivity index (χ0v) is 13.9. The molecule has 2 amide bonds. The standard InChI is InChI=1S/C17H21N3O5/c21-15(19-7-9-25-10-8-19)12-3-2-6-20(11-12)16(22)13-4-1-5-14(18-13)17(23)24/h1,4-5,12H,2-3,6-11H2,(H,23,24). The summed E-state index contributed by atoms with van der Waals surface area (Å²) in [4.78, 5) is 43.6. The lowest BCUT2D eigenvalue weighted by atomic mass is 9.96. The lowest BCUT2D eigenvalue weighted by Gasteiger charge is -2.36. The van der Waals surface area contributed by atoms with Gasteiger partial charge in [-0.1, -0.05) is 6.07 Å². The molecule has 2 fully saturated rings. The normalized spacial score (nSPS) is 21.0. The maximum absolute atomic E-state index is 12.6. The Hall–Kier alpha value is -2.48. The van der Waals surface area contributed by atoms with Gasteiger partial charge in [-0.2, -0.15) is 0 Å². The summed E-state index contributed by atoms with van der Waals surface area (Å²) in [6, 6.07) is 4.35. The van der Waals surface area contributed by atoms with Gasteiger partial charge in [0, 0.05) is 26.2 Å². The fourth-order valence-electron chi connectivity index (χ4n) is 3.24. The molecule has 0 spiro atoms. The molecule has 1 aromatic heterocycles. The second-order valence-corrected chi connectivity index (χ2v) is 6.24. The van der Waals surface area contributed by atoms with E-state index in [-0.39, 0.29) is 29.1 Å². The second kappa shape index (κ2) is 7.60. The number of carboxylic acid groups (broad SMARTS) is 1. The quantitative estimate of drug-likeness (QED) is 0.854. The second-order valence-electron chi connectivity index (χ2n) is 6.24. The van der Waals surface area contributed by atoms with Crippen LogP contribution in [0, 0.1) is 5.92 Å². The number of amides is 2. The molecule has 134 valence electrons. The number of carboxylic acids is 1. The van der Waals surface area contributed by atoms with E-state index in [2.05, 4.69) is 4.98 Å². The minimum Gasteiger partial charge on any atom is -0.477 e. The molecule has 8 heteroatoms. The summed E-state index contributed by atoms with van der Waals surface area (Å²) < 4.78 is 5.27. The molecule has 3 rings (SSSR count). The van der Waals surface area contributed by atoms with E-state index in [1.165, 1.54) is 18.2 Å². The van der Waals surface area contributed by atoms with E-state index in [0.29, 0.717) is 39.4 Å². The minimum atomic E-state index is -1.17. The fourth-order valence-corrected chi connectivity index (χ4v) is 3.24. The van der Waals surface area contributed by atoms with E-state index in [1.807, 2.05) is 0 Å². The van der Waals surface area contributed by atoms with Crippen molar-refractivity contribution >= 4 is 17.8 Å². The van der Waals surface area contributed by atoms with Gasteiger partial charge in [0.15, 0.2) is 0 Å². The molecule has 0 radical (unpaired) electrons. The molecule has 8 nitrogen and oxygen atoms in total. The van der Waals surface area contributed by atoms with Gasteiger partial charge in [0.1, 0.15) is 11.4 Å². The number of pyridine rings is 1. The highest BCUT2D eigenvalue weighted by atomic mass is 16.5. The van der Waals surface area contributed by atoms with Crippen molar-refractivity contribution in [3.05, 3.63) is 29.6 Å². The van der Waals surface area contributed by atoms with Crippen molar-refractivity contribution in [2.75, 3.05) is 39.4 Å². The van der Waals surface area contributed by atoms with Crippen molar-refractivity contribution in [3.63, 3.8) is 0 Å². The van der Waals surface area contributed by atoms with Gasteiger partial charge in [-0.25, -0.2) is 9.78 Å². The number of ether oxygens (including phenoxy) is 1. The Morgan fingerprint density at radius 2 is 1.80 bits per heavy atom. The Labute approximate surface area is 145 Å². The van der Waals surface area contributed by atoms with Crippen molar-refractivity contribution in [3.8, 4) is 0 Å². The molecule has 0 bridgehead atoms. The number of carbonyl (C=O) groups is 3. The first-order valence-corrected chi connectivity index (χ1v) is 8.42. The van der Waals surface area contributed by atoms with Gasteiger partial charge in [0.25, 0.3) is 5.91 Å². The van der Waals surface area contributed by atoms with Crippen LogP contribution in [-0.4, -0.2) is 77.1 Å². The molecule has 1 N–H and O–H groups in total. The van der Waals surface area contributed by atoms with E-state index in [1.54, 1.807) is 9.80 Å². The van der Waals surface area contributed by atoms with Gasteiger partial charge in [-0.15, -0.1) is 0 Å². The Morgan fingerprint density at radius 3 is 2.52 bits per heavy atom. The molecule has 0 aromatic carbocycles. The van der Waals surface area contributed by atoms with Crippen molar-refractivity contribution < 1.29 is 24.2 Å². The Morgan fingerprint density at radius 1 is 1.08 bits per heavy atom. The molecule has 0 aliphatic carbocycles. The zero-order chi connectivity index (χ0) is 17.8. The first kappa shape index (κ1) is 17.3. The van der Waals surface area contributed by atoms with Crippen LogP contribution in [0.25, 0.3) is 0 Å². The molecule has 1 aromatic rings. The summed E-state index contributed by atoms with van der Waals surface area (Å²) in [7, 11) is 0. The number of hydrogen-bond acceptors (Lipinski definition) is 5. The first-order valence-electron chi connectivity index (χ1n) is 8.42. The van der Waals surface area contributed by atoms with Gasteiger partial charge in [0.05, 0.1) is 19.1 Å². The molecule has 2 aliphatic heterocycles. The third kappa shape index (κ3) is 3.96. The maximum Gasteiger partial charge on any atom is 0.354 e. The van der Waals surface area contributed by atoms with Crippen LogP contribution >= 0.6 is 0 Å². The van der Waals surface area contributed by atoms with E-state index >= 15 is 0 Å². The lowest BCUT2D eigenvalue weighted by molar-refractivity contribution is -0.141. The number of morpholine rings is 1. The van der Waals surface area contributed by atoms with Crippen LogP contribution in [0.3, 0.4) is 0 Å². The predicted octanol–water partition coefficient (Wildman–Crippen LogP) is 0.491. The molecule has 2 aliphatic rings. The van der Waals surface area contributed by atoms with Gasteiger partial charge < -0.3 is 19.6 Å². The SMILES string of the molecule is O=C(O)c1cccc(C(=O)N2CCCC(C(=O)N3CCOCC3)C2)n1. The van der Waals surface area contributed by atoms with Crippen LogP contribution in [0.4, 0.5) is 0 Å². The average molecular weight is 347 g/mol. The summed E-state index contributed by atoms with van der Waals surface area (Å²) in [6.07, 6.45) is 1.49. The zero-order valence-electron chi connectivity index (χ0n) is 13.9. The van der Waals surface area contributed by atoms with Crippen molar-refractivity contribution in [2.45, 2.75) is 12.8 Å². The number of aromatic carboxylic acids is 1. The third-order valence-corrected chi connectivity index (χ3v) is 4.57. The van der Waals surface area contributed by atoms with Crippen LogP contribution in [0.15, 0.2) is 18.2 Å². The molecule has 1 atom stereocenters. The van der Waals surface area contributed by atoms with E-state index in [0.717, 1.165) is 12.8 Å². The maximum atomic E-state index is 12.6. The molecular weight excluding hydrogens is 326 g/mol. The van der Waals surface area contributed by atoms with Gasteiger partial charge in [-0.05, 0) is 25.0 Å². The largest absolute Gasteiger partial charge is 0.477 e. The van der Waals surface area contributed by atoms with Crippen LogP contribution in [0.2, 0.25) is 0 Å². The topological polar surface area (TPSA) is 100 Å². The first-order chi connectivity index (χ1) is 12.1. The average Bonchev–Trinajstić information content (AvgIpc) is 2.67. The number of nitrogens with zero attached hydrogens (tertiary/aromatic N) is 3. The molecule has 2 saturated heterocycles. The highest BCUT2D eigenvalue weighted by Gasteiger charge is 2.32. The highest BCUT2D eigenvalue weighted by Crippen LogP contribution is 2.21. The third-order valence-electron chi connectivity index (χ3n) is 4.57. The predicted molar refractivity (Wildman–Crippen MR) is 87.2 cm³/mol. The number of likely N-dealkylation sites (tertiary alicyclic amines) is 1. The number of piperidine rings is 1. The molecule has 1 unspecified atom stereocenters. The van der Waals surface area contributed by atoms with Crippen LogP contribution < -0.4 is 0 Å². The van der Waals surface area contributed by atoms with Gasteiger partial charge in [-0.3, -0.25) is 9.59 Å². The van der Waals surface area contributed by atoms with Gasteiger partial charge >= 0.3 is 5.97 Å². The molecular formula is C17H21N3O5. The lowest BCUT2D eigenvalue weighted by Crippen LogP contribution is -2.49. The number of hydrogen-bond donors (Lipinski definition) is 1. The summed E-state index contributed by atoms with van der Waals surface area (Å²) in [5.41, 5.74) is -0.0665. The molecule has 25 heavy (non-hydrogen) atoms. The molecule has 3 heterocycles. The summed E-state index contributed by atoms with van der Waals surface area (Å²) in [5.74, 6) is -1.66. The smallest absolute Gasteiger partial charge is 0.354 e. The summed E-state index contributed by atoms with van der Waals surface area (Å²) in [5, 5.41) is 9.01. The van der Waals surface area contributed by atoms with Crippen molar-refractivity contribution in [1.29, 1.82) is 0 Å².